The van der Waals surface area contributed by atoms with Crippen molar-refractivity contribution >= 4 is 70.1 Å². The molecule has 0 bridgehead atoms. The highest BCUT2D eigenvalue weighted by Gasteiger charge is 2.28. The fourth-order valence-corrected chi connectivity index (χ4v) is 9.78. The Morgan fingerprint density at radius 2 is 0.877 bits per heavy atom. The zero-order valence-electron chi connectivity index (χ0n) is 36.9. The lowest BCUT2D eigenvalue weighted by Gasteiger charge is -2.30. The van der Waals surface area contributed by atoms with E-state index in [4.69, 9.17) is 24.4 Å². The molecule has 0 atom stereocenters. The Morgan fingerprint density at radius 1 is 0.462 bits per heavy atom. The second-order valence-electron chi connectivity index (χ2n) is 14.5. The maximum Gasteiger partial charge on any atom is 0.142 e. The third kappa shape index (κ3) is 9.61. The van der Waals surface area contributed by atoms with Crippen molar-refractivity contribution in [1.29, 1.82) is 0 Å². The first-order valence-electron chi connectivity index (χ1n) is 21.7. The minimum atomic E-state index is -1.53. The molecule has 8 aromatic rings. The molecule has 65 heavy (non-hydrogen) atoms. The van der Waals surface area contributed by atoms with E-state index < -0.39 is 7.92 Å². The number of hydrogen-bond acceptors (Lipinski definition) is 9. The van der Waals surface area contributed by atoms with Crippen LogP contribution in [0, 0.1) is 0 Å². The number of phenols is 1. The van der Waals surface area contributed by atoms with E-state index >= 15 is 0 Å². The number of rotatable bonds is 14. The van der Waals surface area contributed by atoms with Crippen molar-refractivity contribution in [3.8, 4) is 17.2 Å². The van der Waals surface area contributed by atoms with E-state index in [0.717, 1.165) is 57.6 Å². The van der Waals surface area contributed by atoms with Crippen LogP contribution in [-0.2, 0) is 0 Å². The highest BCUT2D eigenvalue weighted by Crippen LogP contribution is 2.43. The first-order valence-corrected chi connectivity index (χ1v) is 23.1. The van der Waals surface area contributed by atoms with Crippen LogP contribution in [0.3, 0.4) is 0 Å². The third-order valence-electron chi connectivity index (χ3n) is 10.6. The van der Waals surface area contributed by atoms with Gasteiger partial charge in [0.15, 0.2) is 0 Å². The summed E-state index contributed by atoms with van der Waals surface area (Å²) < 4.78 is 11.8. The van der Waals surface area contributed by atoms with Crippen LogP contribution in [-0.4, -0.2) is 34.3 Å². The van der Waals surface area contributed by atoms with Crippen LogP contribution in [0.5, 0.6) is 17.2 Å². The third-order valence-corrected chi connectivity index (χ3v) is 12.7. The van der Waals surface area contributed by atoms with Gasteiger partial charge in [-0.1, -0.05) is 117 Å². The molecule has 9 nitrogen and oxygen atoms in total. The van der Waals surface area contributed by atoms with E-state index in [1.807, 2.05) is 153 Å². The first-order chi connectivity index (χ1) is 32.1. The fourth-order valence-electron chi connectivity index (χ4n) is 7.76. The largest absolute Gasteiger partial charge is 0.506 e. The van der Waals surface area contributed by atoms with Gasteiger partial charge in [-0.05, 0) is 116 Å². The molecule has 0 amide bonds. The summed E-state index contributed by atoms with van der Waals surface area (Å²) in [5, 5.41) is 11.3. The molecule has 0 fully saturated rings. The number of methoxy groups -OCH3 is 2. The lowest BCUT2D eigenvalue weighted by molar-refractivity contribution is 0.416. The quantitative estimate of drug-likeness (QED) is 0.107. The van der Waals surface area contributed by atoms with Gasteiger partial charge in [0.25, 0.3) is 0 Å². The first kappa shape index (κ1) is 43.9. The lowest BCUT2D eigenvalue weighted by atomic mass is 10.1. The van der Waals surface area contributed by atoms with Gasteiger partial charge in [0.05, 0.1) is 47.6 Å². The van der Waals surface area contributed by atoms with Crippen LogP contribution in [0.4, 0.5) is 45.9 Å². The number of aromatic hydroxyl groups is 1. The van der Waals surface area contributed by atoms with Gasteiger partial charge in [0.2, 0.25) is 0 Å². The minimum Gasteiger partial charge on any atom is -0.506 e. The molecule has 3 heterocycles. The number of nitrogens with zero attached hydrogens (tertiary/aromatic N) is 6. The minimum absolute atomic E-state index is 0.167. The van der Waals surface area contributed by atoms with Gasteiger partial charge in [0.1, 0.15) is 34.7 Å². The molecule has 5 aromatic carbocycles. The molecule has 0 radical (unpaired) electrons. The molecular weight excluding hydrogens is 824 g/mol. The molecule has 0 saturated carbocycles. The molecule has 3 aromatic heterocycles. The maximum absolute atomic E-state index is 11.3. The summed E-state index contributed by atoms with van der Waals surface area (Å²) in [7, 11) is 1.84. The number of anilines is 8. The zero-order valence-corrected chi connectivity index (χ0v) is 37.8. The maximum atomic E-state index is 11.3. The summed E-state index contributed by atoms with van der Waals surface area (Å²) in [6.45, 7) is 4.00. The molecular formula is C55H51N6O3P. The second kappa shape index (κ2) is 21.1. The predicted molar refractivity (Wildman–Crippen MR) is 269 cm³/mol. The van der Waals surface area contributed by atoms with Crippen molar-refractivity contribution in [1.82, 2.24) is 15.0 Å². The molecule has 0 saturated heterocycles. The van der Waals surface area contributed by atoms with Gasteiger partial charge in [-0.25, -0.2) is 15.0 Å². The number of allylic oxidation sites excluding steroid dienone is 4. The summed E-state index contributed by atoms with van der Waals surface area (Å²) in [5.41, 5.74) is 7.62. The molecule has 1 N–H and O–H groups in total. The van der Waals surface area contributed by atoms with Crippen LogP contribution in [0.25, 0.3) is 0 Å². The van der Waals surface area contributed by atoms with E-state index in [9.17, 15) is 5.11 Å². The van der Waals surface area contributed by atoms with E-state index in [-0.39, 0.29) is 5.75 Å². The van der Waals surface area contributed by atoms with E-state index in [1.54, 1.807) is 20.3 Å². The van der Waals surface area contributed by atoms with Gasteiger partial charge in [-0.2, -0.15) is 0 Å². The van der Waals surface area contributed by atoms with Crippen molar-refractivity contribution in [2.24, 2.45) is 0 Å². The Hall–Kier alpha value is -7.74. The number of hydrogen-bond donors (Lipinski definition) is 1. The average molecular weight is 875 g/mol. The van der Waals surface area contributed by atoms with Gasteiger partial charge in [0, 0.05) is 25.0 Å². The van der Waals surface area contributed by atoms with Gasteiger partial charge < -0.3 is 14.6 Å². The Morgan fingerprint density at radius 3 is 1.31 bits per heavy atom. The van der Waals surface area contributed by atoms with Crippen LogP contribution in [0.2, 0.25) is 0 Å². The Balaban J connectivity index is 0.00000284. The zero-order chi connectivity index (χ0) is 45.0. The molecule has 0 aliphatic heterocycles. The molecule has 1 aliphatic carbocycles. The van der Waals surface area contributed by atoms with Crippen molar-refractivity contribution in [3.05, 3.63) is 212 Å². The number of benzene rings is 5. The van der Waals surface area contributed by atoms with Crippen LogP contribution >= 0.6 is 7.92 Å². The number of ether oxygens (including phenoxy) is 2. The standard InChI is InChI=1S/C53H45N6O3P.C2H6/c1-61-46-31-16-13-28-43(46)58(40-23-8-4-9-24-40)49-34-19-37-52(55-49)63(51-36-18-33-48(54-51)57(39-21-6-3-7-22-39)42-27-12-15-30-45(42)60)53-38-20-35-50(56-53)59(41-25-10-5-11-26-41)44-29-14-17-32-47(44)62-2;1-2/h3-6,8-21,23-38,60H,7,22H2,1-2H3;1-2H3. The van der Waals surface area contributed by atoms with Gasteiger partial charge in [-0.3, -0.25) is 14.7 Å². The van der Waals surface area contributed by atoms with Crippen molar-refractivity contribution in [3.63, 3.8) is 0 Å². The Bertz CT molecular complexity index is 2760. The lowest BCUT2D eigenvalue weighted by Crippen LogP contribution is -2.29. The van der Waals surface area contributed by atoms with Crippen LogP contribution in [0.15, 0.2) is 212 Å². The summed E-state index contributed by atoms with van der Waals surface area (Å²) in [6, 6.07) is 62.0. The summed E-state index contributed by atoms with van der Waals surface area (Å²) in [5.74, 6) is 3.69. The van der Waals surface area contributed by atoms with E-state index in [1.165, 1.54) is 0 Å². The predicted octanol–water partition coefficient (Wildman–Crippen LogP) is 12.7. The van der Waals surface area contributed by atoms with Gasteiger partial charge in [-0.15, -0.1) is 0 Å². The van der Waals surface area contributed by atoms with E-state index in [2.05, 4.69) is 75.4 Å². The van der Waals surface area contributed by atoms with Crippen molar-refractivity contribution in [2.45, 2.75) is 26.7 Å². The molecule has 324 valence electrons. The smallest absolute Gasteiger partial charge is 0.142 e. The molecule has 1 aliphatic rings. The highest BCUT2D eigenvalue weighted by molar-refractivity contribution is 7.79. The van der Waals surface area contributed by atoms with Crippen molar-refractivity contribution in [2.75, 3.05) is 28.9 Å². The number of pyridine rings is 3. The van der Waals surface area contributed by atoms with E-state index in [0.29, 0.717) is 34.6 Å². The Kier molecular flexibility index (Phi) is 14.2. The normalized spacial score (nSPS) is 11.8. The monoisotopic (exact) mass is 874 g/mol. The number of phenolic OH excluding ortho intramolecular Hbond substituents is 1. The summed E-state index contributed by atoms with van der Waals surface area (Å²) >= 11 is 0. The Labute approximate surface area is 383 Å². The highest BCUT2D eigenvalue weighted by atomic mass is 31.1. The SMILES string of the molecule is CC.COc1ccccc1N(c1ccccc1)c1cccc(P(c2cccc(N(C3=CC=CCC3)c3ccccc3O)n2)c2cccc(N(c3ccccc3)c3ccccc3OC)n2)n1. The van der Waals surface area contributed by atoms with Crippen LogP contribution in [0.1, 0.15) is 26.7 Å². The molecule has 0 unspecified atom stereocenters. The summed E-state index contributed by atoms with van der Waals surface area (Å²) in [6.07, 6.45) is 7.97. The topological polar surface area (TPSA) is 87.1 Å². The average Bonchev–Trinajstić information content (AvgIpc) is 3.37. The summed E-state index contributed by atoms with van der Waals surface area (Å²) in [4.78, 5) is 22.8. The second-order valence-corrected chi connectivity index (χ2v) is 16.6. The molecule has 9 rings (SSSR count). The number of para-hydroxylation sites is 8. The van der Waals surface area contributed by atoms with Crippen LogP contribution < -0.4 is 40.5 Å². The van der Waals surface area contributed by atoms with Crippen molar-refractivity contribution < 1.29 is 14.6 Å². The number of aromatic nitrogens is 3. The van der Waals surface area contributed by atoms with Gasteiger partial charge >= 0.3 is 0 Å². The molecule has 10 heteroatoms. The fraction of sp³-hybridized carbons (Fsp3) is 0.109. The molecule has 0 spiro atoms.